The minimum Gasteiger partial charge on any atom is -0.389 e. The highest BCUT2D eigenvalue weighted by molar-refractivity contribution is 7.80. The molecule has 0 radical (unpaired) electrons. The lowest BCUT2D eigenvalue weighted by Gasteiger charge is -2.07. The molecule has 0 heterocycles. The number of hydrogen-bond acceptors (Lipinski definition) is 2. The first-order valence-electron chi connectivity index (χ1n) is 6.84. The lowest BCUT2D eigenvalue weighted by molar-refractivity contribution is -0.123. The van der Waals surface area contributed by atoms with Crippen LogP contribution in [0, 0.1) is 16.7 Å². The molecule has 3 N–H and O–H groups in total. The van der Waals surface area contributed by atoms with Crippen LogP contribution in [0.2, 0.25) is 0 Å². The maximum Gasteiger partial charge on any atom is 0.224 e. The molecular weight excluding hydrogens is 268 g/mol. The van der Waals surface area contributed by atoms with Gasteiger partial charge in [-0.1, -0.05) is 64.2 Å². The van der Waals surface area contributed by atoms with Gasteiger partial charge in [0.05, 0.1) is 0 Å². The van der Waals surface area contributed by atoms with Crippen molar-refractivity contribution in [2.24, 2.45) is 22.5 Å². The largest absolute Gasteiger partial charge is 0.389 e. The molecule has 108 valence electrons. The molecule has 3 nitrogen and oxygen atoms in total. The number of benzene rings is 1. The molecular formula is C16H22N2OS. The van der Waals surface area contributed by atoms with Crippen LogP contribution in [0.15, 0.2) is 24.3 Å². The molecule has 0 bridgehead atoms. The molecule has 0 aromatic heterocycles. The van der Waals surface area contributed by atoms with Gasteiger partial charge in [-0.3, -0.25) is 4.79 Å². The minimum atomic E-state index is 0.0761. The van der Waals surface area contributed by atoms with Crippen molar-refractivity contribution in [1.82, 2.24) is 5.32 Å². The Labute approximate surface area is 125 Å². The number of nitrogens with one attached hydrogen (secondary N) is 1. The van der Waals surface area contributed by atoms with Crippen LogP contribution in [0.1, 0.15) is 38.8 Å². The van der Waals surface area contributed by atoms with Crippen molar-refractivity contribution in [3.05, 3.63) is 35.4 Å². The maximum absolute atomic E-state index is 12.2. The molecule has 0 saturated heterocycles. The maximum atomic E-state index is 12.2. The van der Waals surface area contributed by atoms with Crippen LogP contribution in [0.4, 0.5) is 0 Å². The lowest BCUT2D eigenvalue weighted by Crippen LogP contribution is -2.26. The average molecular weight is 290 g/mol. The van der Waals surface area contributed by atoms with E-state index >= 15 is 0 Å². The molecule has 1 aliphatic carbocycles. The number of nitrogens with two attached hydrogens (primary N) is 1. The van der Waals surface area contributed by atoms with Crippen LogP contribution in [0.5, 0.6) is 0 Å². The first-order chi connectivity index (χ1) is 9.18. The summed E-state index contributed by atoms with van der Waals surface area (Å²) in [7, 11) is 0. The molecule has 1 aromatic rings. The summed E-state index contributed by atoms with van der Waals surface area (Å²) < 4.78 is 0. The van der Waals surface area contributed by atoms with Gasteiger partial charge >= 0.3 is 0 Å². The Morgan fingerprint density at radius 3 is 2.10 bits per heavy atom. The summed E-state index contributed by atoms with van der Waals surface area (Å²) in [5.74, 6) is 0.226. The number of carbonyl (C=O) groups excluding carboxylic acids is 1. The van der Waals surface area contributed by atoms with Gasteiger partial charge in [-0.25, -0.2) is 0 Å². The molecule has 2 rings (SSSR count). The highest BCUT2D eigenvalue weighted by Gasteiger charge is 2.68. The van der Waals surface area contributed by atoms with Crippen LogP contribution >= 0.6 is 12.2 Å². The molecule has 1 saturated carbocycles. The van der Waals surface area contributed by atoms with E-state index in [9.17, 15) is 4.79 Å². The topological polar surface area (TPSA) is 55.1 Å². The predicted octanol–water partition coefficient (Wildman–Crippen LogP) is 2.62. The van der Waals surface area contributed by atoms with Gasteiger partial charge in [-0.2, -0.15) is 0 Å². The molecule has 0 atom stereocenters. The van der Waals surface area contributed by atoms with Crippen molar-refractivity contribution in [3.8, 4) is 0 Å². The third-order valence-electron chi connectivity index (χ3n) is 4.99. The van der Waals surface area contributed by atoms with Gasteiger partial charge in [0.2, 0.25) is 5.91 Å². The predicted molar refractivity (Wildman–Crippen MR) is 85.2 cm³/mol. The van der Waals surface area contributed by atoms with E-state index in [2.05, 4.69) is 33.0 Å². The normalized spacial score (nSPS) is 19.4. The van der Waals surface area contributed by atoms with Gasteiger partial charge in [0.15, 0.2) is 0 Å². The zero-order chi connectivity index (χ0) is 15.1. The number of carbonyl (C=O) groups is 1. The first kappa shape index (κ1) is 15.0. The van der Waals surface area contributed by atoms with Crippen molar-refractivity contribution in [2.75, 3.05) is 0 Å². The van der Waals surface area contributed by atoms with Crippen molar-refractivity contribution in [3.63, 3.8) is 0 Å². The highest BCUT2D eigenvalue weighted by Crippen LogP contribution is 2.68. The van der Waals surface area contributed by atoms with Gasteiger partial charge in [0.25, 0.3) is 0 Å². The quantitative estimate of drug-likeness (QED) is 0.838. The Kier molecular flexibility index (Phi) is 3.63. The van der Waals surface area contributed by atoms with Crippen molar-refractivity contribution >= 4 is 23.1 Å². The Morgan fingerprint density at radius 2 is 1.70 bits per heavy atom. The molecule has 1 amide bonds. The second-order valence-corrected chi connectivity index (χ2v) is 7.10. The number of amides is 1. The fourth-order valence-corrected chi connectivity index (χ4v) is 3.07. The van der Waals surface area contributed by atoms with Gasteiger partial charge in [-0.15, -0.1) is 0 Å². The smallest absolute Gasteiger partial charge is 0.224 e. The average Bonchev–Trinajstić information content (AvgIpc) is 2.77. The van der Waals surface area contributed by atoms with E-state index in [4.69, 9.17) is 18.0 Å². The SMILES string of the molecule is CC1(C)C(C(=O)NCc2ccc(C(N)=S)cc2)C1(C)C. The van der Waals surface area contributed by atoms with Gasteiger partial charge in [0, 0.05) is 18.0 Å². The molecule has 1 aliphatic rings. The zero-order valence-corrected chi connectivity index (χ0v) is 13.3. The molecule has 0 spiro atoms. The second kappa shape index (κ2) is 4.85. The highest BCUT2D eigenvalue weighted by atomic mass is 32.1. The molecule has 1 aromatic carbocycles. The summed E-state index contributed by atoms with van der Waals surface area (Å²) >= 11 is 4.91. The summed E-state index contributed by atoms with van der Waals surface area (Å²) in [5.41, 5.74) is 7.60. The van der Waals surface area contributed by atoms with E-state index < -0.39 is 0 Å². The minimum absolute atomic E-state index is 0.0761. The fourth-order valence-electron chi connectivity index (χ4n) is 2.93. The van der Waals surface area contributed by atoms with Crippen molar-refractivity contribution < 1.29 is 4.79 Å². The molecule has 4 heteroatoms. The molecule has 20 heavy (non-hydrogen) atoms. The summed E-state index contributed by atoms with van der Waals surface area (Å²) in [6.45, 7) is 9.13. The third-order valence-corrected chi connectivity index (χ3v) is 5.22. The van der Waals surface area contributed by atoms with E-state index in [1.165, 1.54) is 0 Å². The van der Waals surface area contributed by atoms with E-state index in [0.29, 0.717) is 11.5 Å². The van der Waals surface area contributed by atoms with Crippen LogP contribution in [-0.2, 0) is 11.3 Å². The second-order valence-electron chi connectivity index (χ2n) is 6.66. The Morgan fingerprint density at radius 1 is 1.20 bits per heavy atom. The van der Waals surface area contributed by atoms with Crippen LogP contribution in [0.25, 0.3) is 0 Å². The Bertz CT molecular complexity index is 532. The van der Waals surface area contributed by atoms with Crippen molar-refractivity contribution in [2.45, 2.75) is 34.2 Å². The standard InChI is InChI=1S/C16H22N2OS/c1-15(2)12(16(15,3)4)14(19)18-9-10-5-7-11(8-6-10)13(17)20/h5-8,12H,9H2,1-4H3,(H2,17,20)(H,18,19). The number of rotatable bonds is 4. The van der Waals surface area contributed by atoms with Gasteiger partial charge < -0.3 is 11.1 Å². The van der Waals surface area contributed by atoms with Crippen LogP contribution in [-0.4, -0.2) is 10.9 Å². The monoisotopic (exact) mass is 290 g/mol. The summed E-state index contributed by atoms with van der Waals surface area (Å²) in [6, 6.07) is 7.65. The summed E-state index contributed by atoms with van der Waals surface area (Å²) in [6.07, 6.45) is 0. The molecule has 0 unspecified atom stereocenters. The van der Waals surface area contributed by atoms with E-state index in [1.807, 2.05) is 24.3 Å². The van der Waals surface area contributed by atoms with E-state index in [-0.39, 0.29) is 22.7 Å². The number of hydrogen-bond donors (Lipinski definition) is 2. The van der Waals surface area contributed by atoms with E-state index in [0.717, 1.165) is 11.1 Å². The fraction of sp³-hybridized carbons (Fsp3) is 0.500. The number of thiocarbonyl (C=S) groups is 1. The van der Waals surface area contributed by atoms with Gasteiger partial charge in [-0.05, 0) is 16.4 Å². The third kappa shape index (κ3) is 2.44. The van der Waals surface area contributed by atoms with E-state index in [1.54, 1.807) is 0 Å². The van der Waals surface area contributed by atoms with Gasteiger partial charge in [0.1, 0.15) is 4.99 Å². The first-order valence-corrected chi connectivity index (χ1v) is 7.25. The molecule has 1 fully saturated rings. The van der Waals surface area contributed by atoms with Crippen LogP contribution in [0.3, 0.4) is 0 Å². The van der Waals surface area contributed by atoms with Crippen LogP contribution < -0.4 is 11.1 Å². The zero-order valence-electron chi connectivity index (χ0n) is 12.5. The molecule has 0 aliphatic heterocycles. The van der Waals surface area contributed by atoms with Crippen molar-refractivity contribution in [1.29, 1.82) is 0 Å². The Hall–Kier alpha value is -1.42. The summed E-state index contributed by atoms with van der Waals surface area (Å²) in [5, 5.41) is 3.02. The Balaban J connectivity index is 1.93. The summed E-state index contributed by atoms with van der Waals surface area (Å²) in [4.78, 5) is 12.6. The lowest BCUT2D eigenvalue weighted by atomic mass is 10.0.